The quantitative estimate of drug-likeness (QED) is 0.547. The fourth-order valence-electron chi connectivity index (χ4n) is 2.76. The number of nitrogens with zero attached hydrogens (tertiary/aromatic N) is 4. The van der Waals surface area contributed by atoms with Crippen LogP contribution in [0.2, 0.25) is 0 Å². The first-order chi connectivity index (χ1) is 13.0. The van der Waals surface area contributed by atoms with Crippen molar-refractivity contribution in [2.45, 2.75) is 25.8 Å². The van der Waals surface area contributed by atoms with Gasteiger partial charge in [-0.15, -0.1) is 5.10 Å². The predicted octanol–water partition coefficient (Wildman–Crippen LogP) is 3.32. The van der Waals surface area contributed by atoms with E-state index >= 15 is 0 Å². The number of nitrogens with one attached hydrogen (secondary N) is 3. The van der Waals surface area contributed by atoms with Crippen LogP contribution in [0.1, 0.15) is 24.1 Å². The van der Waals surface area contributed by atoms with Crippen molar-refractivity contribution < 1.29 is 9.90 Å². The zero-order valence-electron chi connectivity index (χ0n) is 14.5. The van der Waals surface area contributed by atoms with Crippen molar-refractivity contribution in [1.82, 2.24) is 14.6 Å². The topological polar surface area (TPSA) is 127 Å². The fourth-order valence-corrected chi connectivity index (χ4v) is 2.76. The fraction of sp³-hybridized carbons (Fsp3) is 0.222. The normalized spacial score (nSPS) is 13.2. The molecular formula is C18H17N7O2. The number of imidazole rings is 1. The SMILES string of the molecule is Cc1ccc(NC(=O)O)cc1Nc1cc(NC2CC2)c2ncc(C#N)n2n1. The Labute approximate surface area is 154 Å². The van der Waals surface area contributed by atoms with Crippen molar-refractivity contribution in [2.75, 3.05) is 16.0 Å². The molecule has 0 spiro atoms. The van der Waals surface area contributed by atoms with E-state index in [9.17, 15) is 10.1 Å². The molecule has 1 aliphatic carbocycles. The summed E-state index contributed by atoms with van der Waals surface area (Å²) in [7, 11) is 0. The molecule has 2 aromatic heterocycles. The van der Waals surface area contributed by atoms with Crippen LogP contribution in [0.25, 0.3) is 5.65 Å². The van der Waals surface area contributed by atoms with Gasteiger partial charge >= 0.3 is 6.09 Å². The van der Waals surface area contributed by atoms with Crippen LogP contribution in [-0.2, 0) is 0 Å². The zero-order chi connectivity index (χ0) is 19.0. The molecule has 2 heterocycles. The molecule has 136 valence electrons. The number of carbonyl (C=O) groups is 1. The Bertz CT molecular complexity index is 1080. The van der Waals surface area contributed by atoms with Crippen LogP contribution in [0.3, 0.4) is 0 Å². The molecule has 9 heteroatoms. The number of amides is 1. The number of anilines is 4. The van der Waals surface area contributed by atoms with E-state index in [1.807, 2.05) is 19.1 Å². The molecule has 1 aromatic carbocycles. The second-order valence-electron chi connectivity index (χ2n) is 6.44. The molecule has 4 rings (SSSR count). The molecule has 9 nitrogen and oxygen atoms in total. The van der Waals surface area contributed by atoms with Gasteiger partial charge in [0.05, 0.1) is 11.9 Å². The summed E-state index contributed by atoms with van der Waals surface area (Å²) in [6.45, 7) is 1.91. The molecule has 1 amide bonds. The summed E-state index contributed by atoms with van der Waals surface area (Å²) in [6, 6.07) is 9.54. The third-order valence-corrected chi connectivity index (χ3v) is 4.27. The third kappa shape index (κ3) is 3.46. The Morgan fingerprint density at radius 3 is 2.85 bits per heavy atom. The lowest BCUT2D eigenvalue weighted by Crippen LogP contribution is -2.09. The van der Waals surface area contributed by atoms with Crippen molar-refractivity contribution >= 4 is 34.6 Å². The maximum atomic E-state index is 10.9. The van der Waals surface area contributed by atoms with Crippen LogP contribution < -0.4 is 16.0 Å². The van der Waals surface area contributed by atoms with Crippen LogP contribution in [0, 0.1) is 18.3 Å². The Kier molecular flexibility index (Phi) is 4.01. The van der Waals surface area contributed by atoms with Crippen molar-refractivity contribution in [2.24, 2.45) is 0 Å². The first kappa shape index (κ1) is 16.7. The summed E-state index contributed by atoms with van der Waals surface area (Å²) < 4.78 is 1.50. The van der Waals surface area contributed by atoms with E-state index in [-0.39, 0.29) is 0 Å². The van der Waals surface area contributed by atoms with E-state index in [4.69, 9.17) is 5.11 Å². The lowest BCUT2D eigenvalue weighted by Gasteiger charge is -2.13. The van der Waals surface area contributed by atoms with Crippen molar-refractivity contribution in [3.8, 4) is 6.07 Å². The standard InChI is InChI=1S/C18H17N7O2/c1-10-2-3-12(22-18(26)27)6-14(10)23-16-7-15(21-11-4-5-11)17-20-9-13(8-19)25(17)24-16/h2-3,6-7,9,11,21-22H,4-5H2,1H3,(H,23,24)(H,26,27). The van der Waals surface area contributed by atoms with Gasteiger partial charge in [-0.3, -0.25) is 5.32 Å². The van der Waals surface area contributed by atoms with Crippen molar-refractivity contribution in [1.29, 1.82) is 5.26 Å². The molecule has 0 bridgehead atoms. The number of nitriles is 1. The summed E-state index contributed by atoms with van der Waals surface area (Å²) in [5, 5.41) is 31.6. The number of aryl methyl sites for hydroxylation is 1. The van der Waals surface area contributed by atoms with Gasteiger partial charge in [0, 0.05) is 23.5 Å². The Hall–Kier alpha value is -3.80. The molecule has 27 heavy (non-hydrogen) atoms. The molecule has 1 saturated carbocycles. The maximum absolute atomic E-state index is 10.9. The summed E-state index contributed by atoms with van der Waals surface area (Å²) in [5.74, 6) is 0.524. The van der Waals surface area contributed by atoms with Gasteiger partial charge in [0.1, 0.15) is 6.07 Å². The minimum absolute atomic E-state index is 0.338. The lowest BCUT2D eigenvalue weighted by molar-refractivity contribution is 0.210. The van der Waals surface area contributed by atoms with Crippen molar-refractivity contribution in [3.05, 3.63) is 41.7 Å². The number of hydrogen-bond acceptors (Lipinski definition) is 6. The van der Waals surface area contributed by atoms with Crippen LogP contribution >= 0.6 is 0 Å². The van der Waals surface area contributed by atoms with Crippen LogP contribution in [0.4, 0.5) is 27.7 Å². The van der Waals surface area contributed by atoms with E-state index in [0.29, 0.717) is 34.6 Å². The van der Waals surface area contributed by atoms with Crippen LogP contribution in [0.5, 0.6) is 0 Å². The third-order valence-electron chi connectivity index (χ3n) is 4.27. The molecule has 4 N–H and O–H groups in total. The zero-order valence-corrected chi connectivity index (χ0v) is 14.5. The van der Waals surface area contributed by atoms with E-state index in [1.165, 1.54) is 10.7 Å². The highest BCUT2D eigenvalue weighted by atomic mass is 16.4. The first-order valence-corrected chi connectivity index (χ1v) is 8.46. The van der Waals surface area contributed by atoms with E-state index in [1.54, 1.807) is 12.1 Å². The average molecular weight is 363 g/mol. The molecule has 0 saturated heterocycles. The Balaban J connectivity index is 1.73. The highest BCUT2D eigenvalue weighted by Gasteiger charge is 2.23. The maximum Gasteiger partial charge on any atom is 0.409 e. The van der Waals surface area contributed by atoms with Gasteiger partial charge < -0.3 is 15.7 Å². The number of benzene rings is 1. The summed E-state index contributed by atoms with van der Waals surface area (Å²) in [5.41, 5.74) is 3.83. The van der Waals surface area contributed by atoms with Crippen molar-refractivity contribution in [3.63, 3.8) is 0 Å². The average Bonchev–Trinajstić information content (AvgIpc) is 3.34. The molecular weight excluding hydrogens is 346 g/mol. The molecule has 3 aromatic rings. The Morgan fingerprint density at radius 1 is 1.33 bits per heavy atom. The van der Waals surface area contributed by atoms with Gasteiger partial charge in [-0.1, -0.05) is 6.07 Å². The second kappa shape index (κ2) is 6.49. The van der Waals surface area contributed by atoms with Crippen LogP contribution in [0.15, 0.2) is 30.5 Å². The van der Waals surface area contributed by atoms with Crippen LogP contribution in [-0.4, -0.2) is 31.8 Å². The van der Waals surface area contributed by atoms with Gasteiger partial charge in [0.25, 0.3) is 0 Å². The Morgan fingerprint density at radius 2 is 2.15 bits per heavy atom. The number of fused-ring (bicyclic) bond motifs is 1. The number of aromatic nitrogens is 3. The minimum Gasteiger partial charge on any atom is -0.465 e. The van der Waals surface area contributed by atoms with Gasteiger partial charge in [-0.25, -0.2) is 9.78 Å². The molecule has 1 aliphatic rings. The van der Waals surface area contributed by atoms with Gasteiger partial charge in [0.2, 0.25) is 0 Å². The largest absolute Gasteiger partial charge is 0.465 e. The van der Waals surface area contributed by atoms with E-state index in [2.05, 4.69) is 32.1 Å². The summed E-state index contributed by atoms with van der Waals surface area (Å²) in [6.07, 6.45) is 2.57. The molecule has 1 fully saturated rings. The lowest BCUT2D eigenvalue weighted by atomic mass is 10.2. The number of carboxylic acid groups (broad SMARTS) is 1. The van der Waals surface area contributed by atoms with Gasteiger partial charge in [0.15, 0.2) is 17.2 Å². The summed E-state index contributed by atoms with van der Waals surface area (Å²) in [4.78, 5) is 15.2. The highest BCUT2D eigenvalue weighted by Crippen LogP contribution is 2.30. The van der Waals surface area contributed by atoms with Gasteiger partial charge in [-0.2, -0.15) is 9.78 Å². The molecule has 0 unspecified atom stereocenters. The monoisotopic (exact) mass is 363 g/mol. The molecule has 0 atom stereocenters. The first-order valence-electron chi connectivity index (χ1n) is 8.46. The van der Waals surface area contributed by atoms with E-state index < -0.39 is 6.09 Å². The van der Waals surface area contributed by atoms with E-state index in [0.717, 1.165) is 24.1 Å². The predicted molar refractivity (Wildman–Crippen MR) is 100 cm³/mol. The van der Waals surface area contributed by atoms with Gasteiger partial charge in [-0.05, 0) is 37.5 Å². The molecule has 0 aliphatic heterocycles. The smallest absolute Gasteiger partial charge is 0.409 e. The number of hydrogen-bond donors (Lipinski definition) is 4. The minimum atomic E-state index is -1.13. The summed E-state index contributed by atoms with van der Waals surface area (Å²) >= 11 is 0. The highest BCUT2D eigenvalue weighted by molar-refractivity contribution is 5.84. The second-order valence-corrected chi connectivity index (χ2v) is 6.44. The number of rotatable bonds is 5. The molecule has 0 radical (unpaired) electrons.